The fourth-order valence-electron chi connectivity index (χ4n) is 1.61. The lowest BCUT2D eigenvalue weighted by atomic mass is 10.3. The molecule has 1 aromatic heterocycles. The molecule has 0 saturated carbocycles. The van der Waals surface area contributed by atoms with Gasteiger partial charge in [-0.1, -0.05) is 0 Å². The van der Waals surface area contributed by atoms with Crippen LogP contribution in [0.15, 0.2) is 12.3 Å². The largest absolute Gasteiger partial charge is 0.397 e. The Hall–Kier alpha value is -1.36. The highest BCUT2D eigenvalue weighted by Gasteiger charge is 2.23. The molecule has 0 radical (unpaired) electrons. The lowest BCUT2D eigenvalue weighted by Gasteiger charge is -2.16. The second-order valence-electron chi connectivity index (χ2n) is 3.46. The van der Waals surface area contributed by atoms with E-state index in [1.165, 1.54) is 12.3 Å². The van der Waals surface area contributed by atoms with Gasteiger partial charge in [-0.05, 0) is 6.42 Å². The van der Waals surface area contributed by atoms with Crippen molar-refractivity contribution in [3.8, 4) is 0 Å². The Kier molecular flexibility index (Phi) is 2.25. The fourth-order valence-corrected chi connectivity index (χ4v) is 1.61. The minimum absolute atomic E-state index is 0.274. The number of aromatic nitrogens is 1. The molecule has 0 aliphatic carbocycles. The number of β-amino-alcohol motifs (C(OH)–C–C–N with tert-alkyl or cyclic N) is 1. The molecule has 1 unspecified atom stereocenters. The van der Waals surface area contributed by atoms with E-state index >= 15 is 0 Å². The average Bonchev–Trinajstić information content (AvgIpc) is 2.51. The SMILES string of the molecule is Nc1cnc(N2CCC(O)C2)c(F)c1. The Morgan fingerprint density at radius 2 is 2.43 bits per heavy atom. The molecular formula is C9H12FN3O. The first-order chi connectivity index (χ1) is 6.66. The number of anilines is 2. The molecule has 1 aromatic rings. The minimum atomic E-state index is -0.431. The van der Waals surface area contributed by atoms with Gasteiger partial charge in [0, 0.05) is 19.2 Å². The van der Waals surface area contributed by atoms with Crippen LogP contribution in [0.2, 0.25) is 0 Å². The second-order valence-corrected chi connectivity index (χ2v) is 3.46. The zero-order valence-corrected chi connectivity index (χ0v) is 7.65. The van der Waals surface area contributed by atoms with Crippen molar-refractivity contribution in [3.63, 3.8) is 0 Å². The van der Waals surface area contributed by atoms with Gasteiger partial charge in [-0.15, -0.1) is 0 Å². The lowest BCUT2D eigenvalue weighted by molar-refractivity contribution is 0.198. The minimum Gasteiger partial charge on any atom is -0.397 e. The van der Waals surface area contributed by atoms with E-state index in [0.717, 1.165) is 0 Å². The molecule has 1 fully saturated rings. The van der Waals surface area contributed by atoms with Crippen LogP contribution in [0.4, 0.5) is 15.9 Å². The molecular weight excluding hydrogens is 185 g/mol. The first-order valence-corrected chi connectivity index (χ1v) is 4.51. The summed E-state index contributed by atoms with van der Waals surface area (Å²) in [6.45, 7) is 1.07. The Morgan fingerprint density at radius 1 is 1.64 bits per heavy atom. The molecule has 0 amide bonds. The maximum atomic E-state index is 13.4. The van der Waals surface area contributed by atoms with E-state index in [1.807, 2.05) is 0 Å². The number of aliphatic hydroxyl groups is 1. The first-order valence-electron chi connectivity index (χ1n) is 4.51. The molecule has 4 nitrogen and oxygen atoms in total. The molecule has 0 spiro atoms. The zero-order valence-electron chi connectivity index (χ0n) is 7.65. The van der Waals surface area contributed by atoms with Crippen LogP contribution in [-0.4, -0.2) is 29.3 Å². The van der Waals surface area contributed by atoms with Gasteiger partial charge in [0.1, 0.15) is 0 Å². The van der Waals surface area contributed by atoms with E-state index in [4.69, 9.17) is 5.73 Å². The van der Waals surface area contributed by atoms with Crippen LogP contribution in [-0.2, 0) is 0 Å². The van der Waals surface area contributed by atoms with Crippen molar-refractivity contribution in [3.05, 3.63) is 18.1 Å². The van der Waals surface area contributed by atoms with Crippen molar-refractivity contribution in [2.75, 3.05) is 23.7 Å². The number of aliphatic hydroxyl groups excluding tert-OH is 1. The predicted molar refractivity (Wildman–Crippen MR) is 51.4 cm³/mol. The summed E-state index contributed by atoms with van der Waals surface area (Å²) >= 11 is 0. The number of halogens is 1. The fraction of sp³-hybridized carbons (Fsp3) is 0.444. The summed E-state index contributed by atoms with van der Waals surface area (Å²) in [5.74, 6) is -0.158. The van der Waals surface area contributed by atoms with Crippen molar-refractivity contribution in [2.45, 2.75) is 12.5 Å². The van der Waals surface area contributed by atoms with Gasteiger partial charge >= 0.3 is 0 Å². The van der Waals surface area contributed by atoms with E-state index in [1.54, 1.807) is 4.90 Å². The van der Waals surface area contributed by atoms with E-state index in [9.17, 15) is 9.50 Å². The second kappa shape index (κ2) is 3.42. The summed E-state index contributed by atoms with van der Waals surface area (Å²) in [6, 6.07) is 1.24. The third-order valence-electron chi connectivity index (χ3n) is 2.31. The number of pyridine rings is 1. The highest BCUT2D eigenvalue weighted by Crippen LogP contribution is 2.22. The predicted octanol–water partition coefficient (Wildman–Crippen LogP) is 0.374. The van der Waals surface area contributed by atoms with Crippen LogP contribution >= 0.6 is 0 Å². The number of rotatable bonds is 1. The van der Waals surface area contributed by atoms with Gasteiger partial charge in [0.15, 0.2) is 11.6 Å². The van der Waals surface area contributed by atoms with Gasteiger partial charge < -0.3 is 15.7 Å². The van der Waals surface area contributed by atoms with E-state index < -0.39 is 5.82 Å². The highest BCUT2D eigenvalue weighted by atomic mass is 19.1. The third-order valence-corrected chi connectivity index (χ3v) is 2.31. The van der Waals surface area contributed by atoms with Gasteiger partial charge in [-0.2, -0.15) is 0 Å². The Morgan fingerprint density at radius 3 is 3.00 bits per heavy atom. The molecule has 0 bridgehead atoms. The van der Waals surface area contributed by atoms with Gasteiger partial charge in [0.05, 0.1) is 18.0 Å². The zero-order chi connectivity index (χ0) is 10.1. The van der Waals surface area contributed by atoms with Crippen LogP contribution in [0.5, 0.6) is 0 Å². The number of nitrogens with zero attached hydrogens (tertiary/aromatic N) is 2. The van der Waals surface area contributed by atoms with Crippen molar-refractivity contribution in [1.82, 2.24) is 4.98 Å². The quantitative estimate of drug-likeness (QED) is 0.683. The third kappa shape index (κ3) is 1.63. The van der Waals surface area contributed by atoms with Crippen molar-refractivity contribution in [1.29, 1.82) is 0 Å². The normalized spacial score (nSPS) is 21.6. The Bertz CT molecular complexity index is 345. The molecule has 1 atom stereocenters. The maximum Gasteiger partial charge on any atom is 0.167 e. The van der Waals surface area contributed by atoms with Crippen molar-refractivity contribution in [2.24, 2.45) is 0 Å². The van der Waals surface area contributed by atoms with Gasteiger partial charge in [0.25, 0.3) is 0 Å². The molecule has 76 valence electrons. The van der Waals surface area contributed by atoms with Crippen LogP contribution in [0.25, 0.3) is 0 Å². The highest BCUT2D eigenvalue weighted by molar-refractivity contribution is 5.48. The molecule has 5 heteroatoms. The monoisotopic (exact) mass is 197 g/mol. The molecule has 14 heavy (non-hydrogen) atoms. The van der Waals surface area contributed by atoms with Crippen LogP contribution in [0, 0.1) is 5.82 Å². The van der Waals surface area contributed by atoms with E-state index in [0.29, 0.717) is 25.2 Å². The number of hydrogen-bond acceptors (Lipinski definition) is 4. The summed E-state index contributed by atoms with van der Waals surface area (Å²) < 4.78 is 13.4. The topological polar surface area (TPSA) is 62.4 Å². The van der Waals surface area contributed by atoms with E-state index in [-0.39, 0.29) is 11.9 Å². The Balaban J connectivity index is 2.24. The summed E-state index contributed by atoms with van der Waals surface area (Å²) in [4.78, 5) is 5.63. The maximum absolute atomic E-state index is 13.4. The number of hydrogen-bond donors (Lipinski definition) is 2. The molecule has 2 rings (SSSR count). The Labute approximate surface area is 81.2 Å². The summed E-state index contributed by atoms with van der Waals surface area (Å²) in [5, 5.41) is 9.29. The molecule has 0 aromatic carbocycles. The van der Waals surface area contributed by atoms with Gasteiger partial charge in [-0.25, -0.2) is 9.37 Å². The van der Waals surface area contributed by atoms with Gasteiger partial charge in [-0.3, -0.25) is 0 Å². The van der Waals surface area contributed by atoms with Crippen LogP contribution in [0.1, 0.15) is 6.42 Å². The average molecular weight is 197 g/mol. The lowest BCUT2D eigenvalue weighted by Crippen LogP contribution is -2.23. The molecule has 1 aliphatic rings. The first kappa shape index (κ1) is 9.21. The van der Waals surface area contributed by atoms with Gasteiger partial charge in [0.2, 0.25) is 0 Å². The van der Waals surface area contributed by atoms with Crippen LogP contribution in [0.3, 0.4) is 0 Å². The molecule has 1 saturated heterocycles. The van der Waals surface area contributed by atoms with Crippen molar-refractivity contribution < 1.29 is 9.50 Å². The van der Waals surface area contributed by atoms with E-state index in [2.05, 4.69) is 4.98 Å². The summed E-state index contributed by atoms with van der Waals surface area (Å²) in [7, 11) is 0. The van der Waals surface area contributed by atoms with Crippen LogP contribution < -0.4 is 10.6 Å². The molecule has 1 aliphatic heterocycles. The molecule has 3 N–H and O–H groups in total. The summed E-state index contributed by atoms with van der Waals surface area (Å²) in [5.41, 5.74) is 5.69. The standard InChI is InChI=1S/C9H12FN3O/c10-8-3-6(11)4-12-9(8)13-2-1-7(14)5-13/h3-4,7,14H,1-2,5,11H2. The number of nitrogens with two attached hydrogens (primary N) is 1. The number of nitrogen functional groups attached to an aromatic ring is 1. The smallest absolute Gasteiger partial charge is 0.167 e. The summed E-state index contributed by atoms with van der Waals surface area (Å²) in [6.07, 6.45) is 1.70. The van der Waals surface area contributed by atoms with Crippen molar-refractivity contribution >= 4 is 11.5 Å². The molecule has 2 heterocycles.